The zero-order valence-corrected chi connectivity index (χ0v) is 16.4. The topological polar surface area (TPSA) is 88.7 Å². The lowest BCUT2D eigenvalue weighted by Gasteiger charge is -2.27. The standard InChI is InChI=1S/C14H16Cl3N3O4S/c1-3-24-13(22)20-11(14(15,16)17)19-12(25)18-9-7-5-4-6-8(9)10(21)23-2/h4-7,11H,3H2,1-2H3,(H,20,22)(H2,18,19,25). The Morgan fingerprint density at radius 1 is 1.24 bits per heavy atom. The van der Waals surface area contributed by atoms with Crippen molar-refractivity contribution in [2.45, 2.75) is 16.9 Å². The molecule has 0 heterocycles. The first-order valence-corrected chi connectivity index (χ1v) is 8.48. The second kappa shape index (κ2) is 9.86. The Hall–Kier alpha value is -1.48. The number of hydrogen-bond donors (Lipinski definition) is 3. The maximum atomic E-state index is 11.8. The molecule has 0 saturated carbocycles. The summed E-state index contributed by atoms with van der Waals surface area (Å²) in [6.45, 7) is 1.78. The van der Waals surface area contributed by atoms with Gasteiger partial charge in [-0.05, 0) is 31.3 Å². The first-order valence-electron chi connectivity index (χ1n) is 6.93. The van der Waals surface area contributed by atoms with Gasteiger partial charge >= 0.3 is 12.1 Å². The summed E-state index contributed by atoms with van der Waals surface area (Å²) >= 11 is 22.6. The lowest BCUT2D eigenvalue weighted by atomic mass is 10.2. The molecule has 0 saturated heterocycles. The molecule has 11 heteroatoms. The molecule has 0 aliphatic rings. The fourth-order valence-electron chi connectivity index (χ4n) is 1.66. The van der Waals surface area contributed by atoms with E-state index in [1.165, 1.54) is 7.11 Å². The largest absolute Gasteiger partial charge is 0.465 e. The molecule has 0 aliphatic carbocycles. The molecular weight excluding hydrogens is 413 g/mol. The van der Waals surface area contributed by atoms with Crippen molar-refractivity contribution in [2.24, 2.45) is 0 Å². The molecular formula is C14H16Cl3N3O4S. The number of anilines is 1. The minimum Gasteiger partial charge on any atom is -0.465 e. The molecule has 0 bridgehead atoms. The van der Waals surface area contributed by atoms with Gasteiger partial charge in [-0.2, -0.15) is 0 Å². The number of carbonyl (C=O) groups is 2. The number of benzene rings is 1. The van der Waals surface area contributed by atoms with Gasteiger partial charge in [-0.15, -0.1) is 0 Å². The van der Waals surface area contributed by atoms with Crippen LogP contribution in [0.5, 0.6) is 0 Å². The van der Waals surface area contributed by atoms with Gasteiger partial charge in [0.1, 0.15) is 0 Å². The predicted molar refractivity (Wildman–Crippen MR) is 101 cm³/mol. The van der Waals surface area contributed by atoms with Crippen molar-refractivity contribution in [3.8, 4) is 0 Å². The monoisotopic (exact) mass is 427 g/mol. The second-order valence-corrected chi connectivity index (χ2v) is 7.25. The minimum atomic E-state index is -1.92. The molecule has 1 aromatic carbocycles. The Balaban J connectivity index is 2.85. The number of esters is 1. The van der Waals surface area contributed by atoms with Gasteiger partial charge in [-0.1, -0.05) is 46.9 Å². The molecule has 1 rings (SSSR count). The molecule has 1 amide bonds. The zero-order chi connectivity index (χ0) is 19.0. The summed E-state index contributed by atoms with van der Waals surface area (Å²) in [6, 6.07) is 6.53. The maximum Gasteiger partial charge on any atom is 0.408 e. The average Bonchev–Trinajstić information content (AvgIpc) is 2.53. The summed E-state index contributed by atoms with van der Waals surface area (Å²) in [5, 5.41) is 7.76. The molecule has 0 spiro atoms. The van der Waals surface area contributed by atoms with Gasteiger partial charge in [0, 0.05) is 0 Å². The summed E-state index contributed by atoms with van der Waals surface area (Å²) in [4.78, 5) is 23.3. The van der Waals surface area contributed by atoms with E-state index in [1.54, 1.807) is 31.2 Å². The molecule has 3 N–H and O–H groups in total. The van der Waals surface area contributed by atoms with E-state index < -0.39 is 22.0 Å². The highest BCUT2D eigenvalue weighted by Crippen LogP contribution is 2.29. The summed E-state index contributed by atoms with van der Waals surface area (Å²) in [6.07, 6.45) is -1.97. The van der Waals surface area contributed by atoms with Crippen LogP contribution in [0, 0.1) is 0 Å². The molecule has 1 unspecified atom stereocenters. The number of rotatable bonds is 5. The fraction of sp³-hybridized carbons (Fsp3) is 0.357. The van der Waals surface area contributed by atoms with E-state index in [0.717, 1.165) is 0 Å². The minimum absolute atomic E-state index is 0.00414. The lowest BCUT2D eigenvalue weighted by molar-refractivity contribution is 0.0602. The fourth-order valence-corrected chi connectivity index (χ4v) is 2.22. The number of halogens is 3. The van der Waals surface area contributed by atoms with E-state index in [1.807, 2.05) is 0 Å². The van der Waals surface area contributed by atoms with E-state index in [0.29, 0.717) is 5.69 Å². The Morgan fingerprint density at radius 2 is 1.88 bits per heavy atom. The van der Waals surface area contributed by atoms with Crippen LogP contribution < -0.4 is 16.0 Å². The molecule has 138 valence electrons. The summed E-state index contributed by atoms with van der Waals surface area (Å²) in [7, 11) is 1.26. The normalized spacial score (nSPS) is 11.9. The summed E-state index contributed by atoms with van der Waals surface area (Å²) < 4.78 is 7.52. The van der Waals surface area contributed by atoms with Crippen molar-refractivity contribution >= 4 is 69.9 Å². The Morgan fingerprint density at radius 3 is 2.44 bits per heavy atom. The number of carbonyl (C=O) groups excluding carboxylic acids is 2. The Labute approximate surface area is 165 Å². The van der Waals surface area contributed by atoms with E-state index in [2.05, 4.69) is 16.0 Å². The smallest absolute Gasteiger partial charge is 0.408 e. The van der Waals surface area contributed by atoms with Gasteiger partial charge in [-0.25, -0.2) is 9.59 Å². The number of ether oxygens (including phenoxy) is 2. The van der Waals surface area contributed by atoms with Gasteiger partial charge in [0.15, 0.2) is 11.3 Å². The number of para-hydroxylation sites is 1. The number of thiocarbonyl (C=S) groups is 1. The van der Waals surface area contributed by atoms with Crippen LogP contribution in [-0.2, 0) is 9.47 Å². The molecule has 0 aromatic heterocycles. The number of amides is 1. The summed E-state index contributed by atoms with van der Waals surface area (Å²) in [5.41, 5.74) is 0.643. The van der Waals surface area contributed by atoms with Gasteiger partial charge in [-0.3, -0.25) is 5.32 Å². The van der Waals surface area contributed by atoms with Crippen molar-refractivity contribution in [2.75, 3.05) is 19.0 Å². The van der Waals surface area contributed by atoms with Crippen LogP contribution in [0.1, 0.15) is 17.3 Å². The lowest BCUT2D eigenvalue weighted by Crippen LogP contribution is -2.56. The van der Waals surface area contributed by atoms with Crippen molar-refractivity contribution in [1.82, 2.24) is 10.6 Å². The van der Waals surface area contributed by atoms with Gasteiger partial charge in [0.25, 0.3) is 0 Å². The van der Waals surface area contributed by atoms with Crippen LogP contribution in [0.3, 0.4) is 0 Å². The van der Waals surface area contributed by atoms with Gasteiger partial charge in [0.2, 0.25) is 3.79 Å². The van der Waals surface area contributed by atoms with Crippen LogP contribution >= 0.6 is 47.0 Å². The number of nitrogens with one attached hydrogen (secondary N) is 3. The molecule has 0 fully saturated rings. The van der Waals surface area contributed by atoms with E-state index in [-0.39, 0.29) is 17.3 Å². The third-order valence-electron chi connectivity index (χ3n) is 2.72. The number of alkyl halides is 3. The SMILES string of the molecule is CCOC(=O)NC(NC(=S)Nc1ccccc1C(=O)OC)C(Cl)(Cl)Cl. The third-order valence-corrected chi connectivity index (χ3v) is 3.60. The highest BCUT2D eigenvalue weighted by molar-refractivity contribution is 7.80. The molecule has 1 aromatic rings. The summed E-state index contributed by atoms with van der Waals surface area (Å²) in [5.74, 6) is -0.548. The Kier molecular flexibility index (Phi) is 8.51. The van der Waals surface area contributed by atoms with E-state index in [9.17, 15) is 9.59 Å². The third kappa shape index (κ3) is 7.11. The van der Waals surface area contributed by atoms with Crippen LogP contribution in [0.15, 0.2) is 24.3 Å². The molecule has 7 nitrogen and oxygen atoms in total. The number of methoxy groups -OCH3 is 1. The molecule has 0 aliphatic heterocycles. The molecule has 1 atom stereocenters. The maximum absolute atomic E-state index is 11.8. The Bertz CT molecular complexity index is 640. The quantitative estimate of drug-likeness (QED) is 0.287. The van der Waals surface area contributed by atoms with Crippen LogP contribution in [-0.4, -0.2) is 40.8 Å². The van der Waals surface area contributed by atoms with Crippen LogP contribution in [0.25, 0.3) is 0 Å². The van der Waals surface area contributed by atoms with Crippen molar-refractivity contribution < 1.29 is 19.1 Å². The van der Waals surface area contributed by atoms with Gasteiger partial charge < -0.3 is 20.1 Å². The highest BCUT2D eigenvalue weighted by Gasteiger charge is 2.35. The van der Waals surface area contributed by atoms with Crippen molar-refractivity contribution in [3.05, 3.63) is 29.8 Å². The van der Waals surface area contributed by atoms with Crippen LogP contribution in [0.2, 0.25) is 0 Å². The molecule has 0 radical (unpaired) electrons. The van der Waals surface area contributed by atoms with E-state index >= 15 is 0 Å². The predicted octanol–water partition coefficient (Wildman–Crippen LogP) is 3.20. The van der Waals surface area contributed by atoms with Gasteiger partial charge in [0.05, 0.1) is 25.0 Å². The second-order valence-electron chi connectivity index (χ2n) is 4.48. The number of hydrogen-bond acceptors (Lipinski definition) is 5. The zero-order valence-electron chi connectivity index (χ0n) is 13.3. The molecule has 25 heavy (non-hydrogen) atoms. The first-order chi connectivity index (χ1) is 11.7. The average molecular weight is 429 g/mol. The van der Waals surface area contributed by atoms with Crippen molar-refractivity contribution in [3.63, 3.8) is 0 Å². The van der Waals surface area contributed by atoms with Crippen molar-refractivity contribution in [1.29, 1.82) is 0 Å². The first kappa shape index (κ1) is 21.6. The van der Waals surface area contributed by atoms with E-state index in [4.69, 9.17) is 56.5 Å². The van der Waals surface area contributed by atoms with Crippen LogP contribution in [0.4, 0.5) is 10.5 Å². The highest BCUT2D eigenvalue weighted by atomic mass is 35.6. The number of alkyl carbamates (subject to hydrolysis) is 1.